The second-order valence-corrected chi connectivity index (χ2v) is 3.58. The molecular formula is C11H14ClNO3. The smallest absolute Gasteiger partial charge is 0.406 e. The molecule has 0 radical (unpaired) electrons. The van der Waals surface area contributed by atoms with Gasteiger partial charge >= 0.3 is 6.09 Å². The summed E-state index contributed by atoms with van der Waals surface area (Å²) in [4.78, 5) is 10.7. The van der Waals surface area contributed by atoms with Crippen LogP contribution in [0, 0.1) is 6.92 Å². The number of carbonyl (C=O) groups excluding carboxylic acids is 1. The van der Waals surface area contributed by atoms with Gasteiger partial charge in [-0.1, -0.05) is 11.6 Å². The van der Waals surface area contributed by atoms with E-state index < -0.39 is 6.09 Å². The van der Waals surface area contributed by atoms with Gasteiger partial charge in [0.2, 0.25) is 0 Å². The summed E-state index contributed by atoms with van der Waals surface area (Å²) in [5.74, 6) is 0.741. The van der Waals surface area contributed by atoms with Gasteiger partial charge in [-0.25, -0.2) is 4.79 Å². The lowest BCUT2D eigenvalue weighted by Gasteiger charge is -2.09. The number of hydrogen-bond acceptors (Lipinski definition) is 3. The number of hydrogen-bond donors (Lipinski definition) is 1. The van der Waals surface area contributed by atoms with E-state index in [0.29, 0.717) is 11.6 Å². The van der Waals surface area contributed by atoms with Crippen molar-refractivity contribution in [3.8, 4) is 5.75 Å². The average Bonchev–Trinajstić information content (AvgIpc) is 2.26. The molecule has 0 heterocycles. The molecule has 1 rings (SSSR count). The van der Waals surface area contributed by atoms with Crippen LogP contribution in [0.4, 0.5) is 4.79 Å². The van der Waals surface area contributed by atoms with Crippen molar-refractivity contribution in [2.24, 2.45) is 0 Å². The molecule has 1 N–H and O–H groups in total. The maximum absolute atomic E-state index is 10.7. The minimum absolute atomic E-state index is 0.210. The van der Waals surface area contributed by atoms with Crippen molar-refractivity contribution >= 4 is 17.7 Å². The van der Waals surface area contributed by atoms with E-state index in [2.05, 4.69) is 5.32 Å². The Morgan fingerprint density at radius 1 is 1.44 bits per heavy atom. The number of nitrogens with one attached hydrogen (secondary N) is 1. The first kappa shape index (κ1) is 12.6. The molecule has 5 heteroatoms. The summed E-state index contributed by atoms with van der Waals surface area (Å²) in [6, 6.07) is 5.36. The molecule has 0 bridgehead atoms. The number of rotatable bonds is 4. The van der Waals surface area contributed by atoms with Crippen LogP contribution in [-0.4, -0.2) is 26.4 Å². The van der Waals surface area contributed by atoms with Gasteiger partial charge < -0.3 is 14.8 Å². The Bertz CT molecular complexity index is 368. The molecule has 0 aliphatic rings. The Morgan fingerprint density at radius 3 is 2.81 bits per heavy atom. The summed E-state index contributed by atoms with van der Waals surface area (Å²) in [5, 5.41) is 3.02. The van der Waals surface area contributed by atoms with E-state index in [1.807, 2.05) is 13.0 Å². The summed E-state index contributed by atoms with van der Waals surface area (Å²) in [6.45, 7) is 2.43. The Balaban J connectivity index is 2.35. The Labute approximate surface area is 99.5 Å². The van der Waals surface area contributed by atoms with Gasteiger partial charge in [0.25, 0.3) is 0 Å². The highest BCUT2D eigenvalue weighted by Crippen LogP contribution is 2.21. The van der Waals surface area contributed by atoms with Gasteiger partial charge in [-0.3, -0.25) is 0 Å². The van der Waals surface area contributed by atoms with E-state index in [9.17, 15) is 4.79 Å². The molecule has 0 fully saturated rings. The monoisotopic (exact) mass is 243 g/mol. The van der Waals surface area contributed by atoms with Crippen LogP contribution in [-0.2, 0) is 4.74 Å². The SMILES string of the molecule is CNC(=O)OCCOc1ccc(Cl)cc1C. The van der Waals surface area contributed by atoms with E-state index >= 15 is 0 Å². The third-order valence-corrected chi connectivity index (χ3v) is 2.15. The van der Waals surface area contributed by atoms with Crippen molar-refractivity contribution in [3.63, 3.8) is 0 Å². The van der Waals surface area contributed by atoms with Crippen LogP contribution in [0.25, 0.3) is 0 Å². The lowest BCUT2D eigenvalue weighted by Crippen LogP contribution is -2.21. The second-order valence-electron chi connectivity index (χ2n) is 3.14. The van der Waals surface area contributed by atoms with Crippen molar-refractivity contribution < 1.29 is 14.3 Å². The summed E-state index contributed by atoms with van der Waals surface area (Å²) in [6.07, 6.45) is -0.462. The fourth-order valence-corrected chi connectivity index (χ4v) is 1.36. The Kier molecular flexibility index (Phi) is 4.92. The summed E-state index contributed by atoms with van der Waals surface area (Å²) in [7, 11) is 1.51. The zero-order chi connectivity index (χ0) is 12.0. The van der Waals surface area contributed by atoms with E-state index in [-0.39, 0.29) is 6.61 Å². The zero-order valence-electron chi connectivity index (χ0n) is 9.25. The Morgan fingerprint density at radius 2 is 2.19 bits per heavy atom. The average molecular weight is 244 g/mol. The predicted molar refractivity (Wildman–Crippen MR) is 62.1 cm³/mol. The second kappa shape index (κ2) is 6.23. The van der Waals surface area contributed by atoms with Gasteiger partial charge in [0.05, 0.1) is 0 Å². The first-order chi connectivity index (χ1) is 7.63. The van der Waals surface area contributed by atoms with Crippen LogP contribution in [0.2, 0.25) is 5.02 Å². The third-order valence-electron chi connectivity index (χ3n) is 1.92. The fourth-order valence-electron chi connectivity index (χ4n) is 1.13. The van der Waals surface area contributed by atoms with E-state index in [1.54, 1.807) is 12.1 Å². The molecule has 0 spiro atoms. The van der Waals surface area contributed by atoms with Gasteiger partial charge in [0.15, 0.2) is 0 Å². The van der Waals surface area contributed by atoms with Crippen molar-refractivity contribution in [1.29, 1.82) is 0 Å². The highest BCUT2D eigenvalue weighted by molar-refractivity contribution is 6.30. The molecule has 0 saturated heterocycles. The molecular weight excluding hydrogens is 230 g/mol. The molecule has 1 aromatic rings. The highest BCUT2D eigenvalue weighted by Gasteiger charge is 2.01. The van der Waals surface area contributed by atoms with Crippen molar-refractivity contribution in [3.05, 3.63) is 28.8 Å². The predicted octanol–water partition coefficient (Wildman–Crippen LogP) is 2.38. The number of aryl methyl sites for hydroxylation is 1. The Hall–Kier alpha value is -1.42. The van der Waals surface area contributed by atoms with Crippen LogP contribution in [0.5, 0.6) is 5.75 Å². The van der Waals surface area contributed by atoms with Gasteiger partial charge in [0.1, 0.15) is 19.0 Å². The van der Waals surface area contributed by atoms with Gasteiger partial charge in [-0.2, -0.15) is 0 Å². The quantitative estimate of drug-likeness (QED) is 0.826. The van der Waals surface area contributed by atoms with E-state index in [4.69, 9.17) is 21.1 Å². The molecule has 4 nitrogen and oxygen atoms in total. The lowest BCUT2D eigenvalue weighted by molar-refractivity contribution is 0.127. The summed E-state index contributed by atoms with van der Waals surface area (Å²) < 4.78 is 10.2. The molecule has 1 amide bonds. The first-order valence-corrected chi connectivity index (χ1v) is 5.24. The van der Waals surface area contributed by atoms with E-state index in [0.717, 1.165) is 11.3 Å². The number of alkyl carbamates (subject to hydrolysis) is 1. The number of halogens is 1. The van der Waals surface area contributed by atoms with Crippen LogP contribution in [0.1, 0.15) is 5.56 Å². The van der Waals surface area contributed by atoms with Gasteiger partial charge in [-0.05, 0) is 30.7 Å². The topological polar surface area (TPSA) is 47.6 Å². The van der Waals surface area contributed by atoms with Crippen LogP contribution >= 0.6 is 11.6 Å². The third kappa shape index (κ3) is 3.98. The van der Waals surface area contributed by atoms with Gasteiger partial charge in [0, 0.05) is 12.1 Å². The van der Waals surface area contributed by atoms with Gasteiger partial charge in [-0.15, -0.1) is 0 Å². The van der Waals surface area contributed by atoms with Crippen LogP contribution < -0.4 is 10.1 Å². The fraction of sp³-hybridized carbons (Fsp3) is 0.364. The highest BCUT2D eigenvalue weighted by atomic mass is 35.5. The molecule has 16 heavy (non-hydrogen) atoms. The van der Waals surface area contributed by atoms with Crippen LogP contribution in [0.15, 0.2) is 18.2 Å². The molecule has 0 unspecified atom stereocenters. The standard InChI is InChI=1S/C11H14ClNO3/c1-8-7-9(12)3-4-10(8)15-5-6-16-11(14)13-2/h3-4,7H,5-6H2,1-2H3,(H,13,14). The minimum atomic E-state index is -0.462. The summed E-state index contributed by atoms with van der Waals surface area (Å²) >= 11 is 5.81. The van der Waals surface area contributed by atoms with Crippen LogP contribution in [0.3, 0.4) is 0 Å². The molecule has 0 aliphatic carbocycles. The van der Waals surface area contributed by atoms with Crippen molar-refractivity contribution in [1.82, 2.24) is 5.32 Å². The summed E-state index contributed by atoms with van der Waals surface area (Å²) in [5.41, 5.74) is 0.951. The largest absolute Gasteiger partial charge is 0.490 e. The first-order valence-electron chi connectivity index (χ1n) is 4.87. The van der Waals surface area contributed by atoms with E-state index in [1.165, 1.54) is 7.05 Å². The zero-order valence-corrected chi connectivity index (χ0v) is 10.0. The number of benzene rings is 1. The maximum atomic E-state index is 10.7. The molecule has 1 aromatic carbocycles. The molecule has 0 aliphatic heterocycles. The van der Waals surface area contributed by atoms with Crippen molar-refractivity contribution in [2.45, 2.75) is 6.92 Å². The maximum Gasteiger partial charge on any atom is 0.406 e. The normalized spacial score (nSPS) is 9.69. The number of ether oxygens (including phenoxy) is 2. The van der Waals surface area contributed by atoms with Crippen molar-refractivity contribution in [2.75, 3.05) is 20.3 Å². The molecule has 0 saturated carbocycles. The number of carbonyl (C=O) groups is 1. The molecule has 0 atom stereocenters. The number of amides is 1. The molecule has 88 valence electrons. The molecule has 0 aromatic heterocycles. The minimum Gasteiger partial charge on any atom is -0.490 e. The lowest BCUT2D eigenvalue weighted by atomic mass is 10.2.